The molecule has 0 spiro atoms. The van der Waals surface area contributed by atoms with Gasteiger partial charge in [-0.1, -0.05) is 50.2 Å². The van der Waals surface area contributed by atoms with Crippen molar-refractivity contribution in [3.8, 4) is 17.2 Å². The maximum atomic E-state index is 14.8. The predicted octanol–water partition coefficient (Wildman–Crippen LogP) is 7.89. The Morgan fingerprint density at radius 2 is 1.53 bits per heavy atom. The molecule has 0 heterocycles. The summed E-state index contributed by atoms with van der Waals surface area (Å²) in [5, 5.41) is 0. The monoisotopic (exact) mass is 448 g/mol. The minimum absolute atomic E-state index is 0.0130. The summed E-state index contributed by atoms with van der Waals surface area (Å²) in [6, 6.07) is 18.1. The number of hydrogen-bond acceptors (Lipinski definition) is 2. The van der Waals surface area contributed by atoms with Gasteiger partial charge in [-0.2, -0.15) is 0 Å². The number of alkyl halides is 3. The molecule has 0 aliphatic heterocycles. The van der Waals surface area contributed by atoms with Gasteiger partial charge in [0.2, 0.25) is 0 Å². The van der Waals surface area contributed by atoms with Crippen molar-refractivity contribution in [2.75, 3.05) is 0 Å². The van der Waals surface area contributed by atoms with Gasteiger partial charge in [0.1, 0.15) is 17.3 Å². The van der Waals surface area contributed by atoms with Gasteiger partial charge in [0.15, 0.2) is 11.6 Å². The van der Waals surface area contributed by atoms with E-state index in [1.807, 2.05) is 0 Å². The highest BCUT2D eigenvalue weighted by atomic mass is 19.4. The van der Waals surface area contributed by atoms with Gasteiger partial charge in [-0.3, -0.25) is 0 Å². The molecule has 0 bridgehead atoms. The molecule has 0 atom stereocenters. The van der Waals surface area contributed by atoms with Crippen molar-refractivity contribution < 1.29 is 31.4 Å². The summed E-state index contributed by atoms with van der Waals surface area (Å²) in [4.78, 5) is 0. The fraction of sp³-hybridized carbons (Fsp3) is 0.200. The first-order valence-corrected chi connectivity index (χ1v) is 9.77. The summed E-state index contributed by atoms with van der Waals surface area (Å²) in [5.74, 6) is -0.940. The van der Waals surface area contributed by atoms with Crippen molar-refractivity contribution >= 4 is 0 Å². The number of allylic oxidation sites excluding steroid dienone is 2. The number of hydrogen-bond donors (Lipinski definition) is 0. The fourth-order valence-corrected chi connectivity index (χ4v) is 3.16. The molecular weight excluding hydrogens is 427 g/mol. The maximum absolute atomic E-state index is 14.8. The van der Waals surface area contributed by atoms with Crippen LogP contribution in [0.5, 0.6) is 17.2 Å². The van der Waals surface area contributed by atoms with Gasteiger partial charge in [0, 0.05) is 11.8 Å². The summed E-state index contributed by atoms with van der Waals surface area (Å²) >= 11 is 0. The van der Waals surface area contributed by atoms with Gasteiger partial charge in [-0.25, -0.2) is 8.78 Å². The number of benzene rings is 3. The molecule has 0 aliphatic rings. The third kappa shape index (κ3) is 6.57. The van der Waals surface area contributed by atoms with Gasteiger partial charge in [0.05, 0.1) is 0 Å². The van der Waals surface area contributed by atoms with Crippen LogP contribution < -0.4 is 9.47 Å². The summed E-state index contributed by atoms with van der Waals surface area (Å²) < 4.78 is 75.2. The van der Waals surface area contributed by atoms with Crippen molar-refractivity contribution in [1.82, 2.24) is 0 Å². The van der Waals surface area contributed by atoms with E-state index in [-0.39, 0.29) is 17.9 Å². The second-order valence-electron chi connectivity index (χ2n) is 7.74. The molecule has 7 heteroatoms. The highest BCUT2D eigenvalue weighted by Gasteiger charge is 2.31. The van der Waals surface area contributed by atoms with E-state index in [1.165, 1.54) is 48.5 Å². The van der Waals surface area contributed by atoms with E-state index in [9.17, 15) is 22.0 Å². The van der Waals surface area contributed by atoms with Crippen LogP contribution >= 0.6 is 0 Å². The molecule has 3 aromatic carbocycles. The van der Waals surface area contributed by atoms with Gasteiger partial charge in [0.25, 0.3) is 0 Å². The zero-order chi connectivity index (χ0) is 23.4. The molecule has 0 saturated heterocycles. The molecule has 0 aromatic heterocycles. The van der Waals surface area contributed by atoms with Gasteiger partial charge in [-0.15, -0.1) is 13.2 Å². The number of rotatable bonds is 7. The average Bonchev–Trinajstić information content (AvgIpc) is 2.70. The molecule has 0 unspecified atom stereocenters. The zero-order valence-corrected chi connectivity index (χ0v) is 17.4. The van der Waals surface area contributed by atoms with Gasteiger partial charge < -0.3 is 9.47 Å². The van der Waals surface area contributed by atoms with Crippen molar-refractivity contribution in [3.63, 3.8) is 0 Å². The zero-order valence-electron chi connectivity index (χ0n) is 17.4. The lowest BCUT2D eigenvalue weighted by Crippen LogP contribution is -2.18. The summed E-state index contributed by atoms with van der Waals surface area (Å²) in [5.41, 5.74) is 0.315. The van der Waals surface area contributed by atoms with Crippen molar-refractivity contribution in [3.05, 3.63) is 102 Å². The van der Waals surface area contributed by atoms with Crippen LogP contribution in [0.1, 0.15) is 25.0 Å². The largest absolute Gasteiger partial charge is 0.573 e. The lowest BCUT2D eigenvalue weighted by molar-refractivity contribution is -0.274. The van der Waals surface area contributed by atoms with Crippen LogP contribution in [0.4, 0.5) is 22.0 Å². The van der Waals surface area contributed by atoms with Crippen LogP contribution in [0.15, 0.2) is 84.7 Å². The van der Waals surface area contributed by atoms with Crippen LogP contribution in [0, 0.1) is 5.82 Å². The first-order chi connectivity index (χ1) is 15.0. The molecule has 2 nitrogen and oxygen atoms in total. The Morgan fingerprint density at radius 3 is 2.16 bits per heavy atom. The van der Waals surface area contributed by atoms with Crippen molar-refractivity contribution in [1.29, 1.82) is 0 Å². The van der Waals surface area contributed by atoms with E-state index < -0.39 is 23.4 Å². The van der Waals surface area contributed by atoms with E-state index in [0.29, 0.717) is 16.9 Å². The van der Waals surface area contributed by atoms with E-state index in [2.05, 4.69) is 4.74 Å². The molecule has 0 fully saturated rings. The Hall–Kier alpha value is -3.35. The highest BCUT2D eigenvalue weighted by Crippen LogP contribution is 2.31. The van der Waals surface area contributed by atoms with E-state index in [1.54, 1.807) is 44.2 Å². The van der Waals surface area contributed by atoms with E-state index in [4.69, 9.17) is 4.74 Å². The molecule has 3 aromatic rings. The van der Waals surface area contributed by atoms with Crippen LogP contribution in [0.2, 0.25) is 0 Å². The smallest absolute Gasteiger partial charge is 0.454 e. The fourth-order valence-electron chi connectivity index (χ4n) is 3.16. The maximum Gasteiger partial charge on any atom is 0.573 e. The first-order valence-electron chi connectivity index (χ1n) is 9.77. The number of halogens is 5. The predicted molar refractivity (Wildman–Crippen MR) is 112 cm³/mol. The Labute approximate surface area is 182 Å². The average molecular weight is 448 g/mol. The Bertz CT molecular complexity index is 1070. The topological polar surface area (TPSA) is 18.5 Å². The Kier molecular flexibility index (Phi) is 6.87. The summed E-state index contributed by atoms with van der Waals surface area (Å²) in [7, 11) is 0. The Morgan fingerprint density at radius 1 is 0.875 bits per heavy atom. The molecule has 0 aliphatic carbocycles. The minimum Gasteiger partial charge on any atom is -0.454 e. The Balaban J connectivity index is 1.73. The van der Waals surface area contributed by atoms with Crippen LogP contribution in [0.25, 0.3) is 0 Å². The van der Waals surface area contributed by atoms with E-state index in [0.717, 1.165) is 0 Å². The van der Waals surface area contributed by atoms with Gasteiger partial charge >= 0.3 is 6.36 Å². The molecule has 0 saturated carbocycles. The standard InChI is InChI=1S/C25H21F5O2/c1-24(2,18-9-11-21(12-10-18)32-25(28,29)30)16-19(26)14-17-8-13-22(27)23(15-17)31-20-6-4-3-5-7-20/h3-13,15-16H,14H2,1-2H3. The third-order valence-corrected chi connectivity index (χ3v) is 4.69. The second kappa shape index (κ2) is 9.42. The summed E-state index contributed by atoms with van der Waals surface area (Å²) in [6.45, 7) is 3.47. The van der Waals surface area contributed by atoms with Crippen LogP contribution in [-0.2, 0) is 11.8 Å². The summed E-state index contributed by atoms with van der Waals surface area (Å²) in [6.07, 6.45) is -3.49. The SMILES string of the molecule is CC(C)(C=C(F)Cc1ccc(F)c(Oc2ccccc2)c1)c1ccc(OC(F)(F)F)cc1. The lowest BCUT2D eigenvalue weighted by atomic mass is 9.83. The molecule has 0 amide bonds. The molecule has 0 radical (unpaired) electrons. The quantitative estimate of drug-likeness (QED) is 0.342. The molecule has 0 N–H and O–H groups in total. The molecule has 168 valence electrons. The number of ether oxygens (including phenoxy) is 2. The number of para-hydroxylation sites is 1. The molecule has 32 heavy (non-hydrogen) atoms. The van der Waals surface area contributed by atoms with Gasteiger partial charge in [-0.05, 0) is 53.6 Å². The second-order valence-corrected chi connectivity index (χ2v) is 7.74. The first kappa shape index (κ1) is 23.3. The van der Waals surface area contributed by atoms with E-state index >= 15 is 0 Å². The third-order valence-electron chi connectivity index (χ3n) is 4.69. The van der Waals surface area contributed by atoms with Crippen LogP contribution in [-0.4, -0.2) is 6.36 Å². The lowest BCUT2D eigenvalue weighted by Gasteiger charge is -2.22. The minimum atomic E-state index is -4.78. The normalized spacial score (nSPS) is 12.5. The highest BCUT2D eigenvalue weighted by molar-refractivity contribution is 5.38. The molecular formula is C25H21F5O2. The van der Waals surface area contributed by atoms with Crippen molar-refractivity contribution in [2.45, 2.75) is 32.0 Å². The van der Waals surface area contributed by atoms with Crippen LogP contribution in [0.3, 0.4) is 0 Å². The van der Waals surface area contributed by atoms with Crippen molar-refractivity contribution in [2.24, 2.45) is 0 Å². The molecule has 3 rings (SSSR count).